The third-order valence-electron chi connectivity index (χ3n) is 4.18. The molecule has 0 fully saturated rings. The predicted octanol–water partition coefficient (Wildman–Crippen LogP) is 3.13. The monoisotopic (exact) mass is 374 g/mol. The Kier molecular flexibility index (Phi) is 4.89. The van der Waals surface area contributed by atoms with E-state index < -0.39 is 35.5 Å². The lowest BCUT2D eigenvalue weighted by atomic mass is 10.0. The smallest absolute Gasteiger partial charge is 0.338 e. The standard InChI is InChI=1S/C19H16F2N2O4/c1-3-27-19(26)12-5-7-16-15(9-12)22-17(24)10(2)23(16)18(25)11-4-6-13(20)14(21)8-11/h4-10H,3H2,1-2H3,(H,22,24)/t10-/m0/s1. The van der Waals surface area contributed by atoms with Crippen LogP contribution in [0.25, 0.3) is 0 Å². The fourth-order valence-electron chi connectivity index (χ4n) is 2.80. The highest BCUT2D eigenvalue weighted by molar-refractivity contribution is 6.17. The zero-order valence-electron chi connectivity index (χ0n) is 14.6. The molecule has 1 atom stereocenters. The zero-order valence-corrected chi connectivity index (χ0v) is 14.6. The van der Waals surface area contributed by atoms with Gasteiger partial charge in [-0.2, -0.15) is 0 Å². The second kappa shape index (κ2) is 7.14. The molecule has 3 rings (SSSR count). The van der Waals surface area contributed by atoms with Crippen molar-refractivity contribution in [1.29, 1.82) is 0 Å². The summed E-state index contributed by atoms with van der Waals surface area (Å²) in [6.07, 6.45) is 0. The highest BCUT2D eigenvalue weighted by Gasteiger charge is 2.35. The van der Waals surface area contributed by atoms with E-state index in [9.17, 15) is 23.2 Å². The van der Waals surface area contributed by atoms with Crippen molar-refractivity contribution < 1.29 is 27.9 Å². The van der Waals surface area contributed by atoms with Gasteiger partial charge in [0, 0.05) is 5.56 Å². The van der Waals surface area contributed by atoms with Gasteiger partial charge in [-0.25, -0.2) is 13.6 Å². The number of nitrogens with zero attached hydrogens (tertiary/aromatic N) is 1. The van der Waals surface area contributed by atoms with Crippen LogP contribution in [-0.4, -0.2) is 30.4 Å². The van der Waals surface area contributed by atoms with Crippen LogP contribution in [0.15, 0.2) is 36.4 Å². The molecule has 0 saturated heterocycles. The third-order valence-corrected chi connectivity index (χ3v) is 4.18. The van der Waals surface area contributed by atoms with Crippen molar-refractivity contribution in [2.45, 2.75) is 19.9 Å². The van der Waals surface area contributed by atoms with Gasteiger partial charge in [-0.1, -0.05) is 0 Å². The van der Waals surface area contributed by atoms with Crippen LogP contribution in [-0.2, 0) is 9.53 Å². The number of carbonyl (C=O) groups excluding carboxylic acids is 3. The molecule has 0 spiro atoms. The Morgan fingerprint density at radius 3 is 2.48 bits per heavy atom. The largest absolute Gasteiger partial charge is 0.462 e. The van der Waals surface area contributed by atoms with Gasteiger partial charge in [-0.15, -0.1) is 0 Å². The highest BCUT2D eigenvalue weighted by Crippen LogP contribution is 2.34. The molecule has 1 aliphatic rings. The number of rotatable bonds is 3. The van der Waals surface area contributed by atoms with Gasteiger partial charge in [0.1, 0.15) is 6.04 Å². The van der Waals surface area contributed by atoms with Crippen LogP contribution in [0.3, 0.4) is 0 Å². The summed E-state index contributed by atoms with van der Waals surface area (Å²) < 4.78 is 31.6. The summed E-state index contributed by atoms with van der Waals surface area (Å²) in [5.41, 5.74) is 0.700. The summed E-state index contributed by atoms with van der Waals surface area (Å²) in [7, 11) is 0. The van der Waals surface area contributed by atoms with Gasteiger partial charge in [0.15, 0.2) is 11.6 Å². The molecule has 0 unspecified atom stereocenters. The van der Waals surface area contributed by atoms with Crippen LogP contribution < -0.4 is 10.2 Å². The molecule has 0 aliphatic carbocycles. The fraction of sp³-hybridized carbons (Fsp3) is 0.211. The summed E-state index contributed by atoms with van der Waals surface area (Å²) in [6.45, 7) is 3.37. The van der Waals surface area contributed by atoms with Crippen molar-refractivity contribution in [3.05, 3.63) is 59.2 Å². The quantitative estimate of drug-likeness (QED) is 0.838. The Labute approximate surface area is 153 Å². The zero-order chi connectivity index (χ0) is 19.7. The summed E-state index contributed by atoms with van der Waals surface area (Å²) in [5, 5.41) is 2.63. The van der Waals surface area contributed by atoms with E-state index in [2.05, 4.69) is 5.32 Å². The van der Waals surface area contributed by atoms with Gasteiger partial charge in [-0.05, 0) is 50.2 Å². The van der Waals surface area contributed by atoms with E-state index in [0.717, 1.165) is 18.2 Å². The van der Waals surface area contributed by atoms with Crippen LogP contribution in [0, 0.1) is 11.6 Å². The molecule has 0 bridgehead atoms. The van der Waals surface area contributed by atoms with Crippen LogP contribution in [0.4, 0.5) is 20.2 Å². The van der Waals surface area contributed by atoms with Gasteiger partial charge in [0.25, 0.3) is 5.91 Å². The Morgan fingerprint density at radius 2 is 1.81 bits per heavy atom. The van der Waals surface area contributed by atoms with Crippen molar-refractivity contribution in [2.24, 2.45) is 0 Å². The lowest BCUT2D eigenvalue weighted by Crippen LogP contribution is -2.49. The molecular weight excluding hydrogens is 358 g/mol. The molecule has 1 N–H and O–H groups in total. The molecule has 1 heterocycles. The molecule has 140 valence electrons. The van der Waals surface area contributed by atoms with Gasteiger partial charge in [0.05, 0.1) is 23.5 Å². The number of anilines is 2. The SMILES string of the molecule is CCOC(=O)c1ccc2c(c1)NC(=O)[C@H](C)N2C(=O)c1ccc(F)c(F)c1. The summed E-state index contributed by atoms with van der Waals surface area (Å²) in [5.74, 6) is -3.93. The Hall–Kier alpha value is -3.29. The van der Waals surface area contributed by atoms with E-state index in [0.29, 0.717) is 5.69 Å². The van der Waals surface area contributed by atoms with Crippen molar-refractivity contribution in [2.75, 3.05) is 16.8 Å². The van der Waals surface area contributed by atoms with Gasteiger partial charge in [0.2, 0.25) is 5.91 Å². The molecule has 0 aromatic heterocycles. The molecule has 1 aliphatic heterocycles. The summed E-state index contributed by atoms with van der Waals surface area (Å²) in [4.78, 5) is 38.2. The fourth-order valence-corrected chi connectivity index (χ4v) is 2.80. The maximum atomic E-state index is 13.5. The van der Waals surface area contributed by atoms with E-state index in [1.54, 1.807) is 6.92 Å². The first-order valence-corrected chi connectivity index (χ1v) is 8.24. The maximum Gasteiger partial charge on any atom is 0.338 e. The number of carbonyl (C=O) groups is 3. The molecule has 27 heavy (non-hydrogen) atoms. The second-order valence-electron chi connectivity index (χ2n) is 5.92. The molecule has 6 nitrogen and oxygen atoms in total. The van der Waals surface area contributed by atoms with Gasteiger partial charge in [-0.3, -0.25) is 14.5 Å². The lowest BCUT2D eigenvalue weighted by Gasteiger charge is -2.34. The van der Waals surface area contributed by atoms with Crippen LogP contribution >= 0.6 is 0 Å². The normalized spacial score (nSPS) is 15.8. The van der Waals surface area contributed by atoms with E-state index in [1.807, 2.05) is 0 Å². The minimum atomic E-state index is -1.16. The van der Waals surface area contributed by atoms with Crippen LogP contribution in [0.5, 0.6) is 0 Å². The average molecular weight is 374 g/mol. The number of benzene rings is 2. The third kappa shape index (κ3) is 3.38. The van der Waals surface area contributed by atoms with E-state index >= 15 is 0 Å². The van der Waals surface area contributed by atoms with Crippen LogP contribution in [0.1, 0.15) is 34.6 Å². The minimum absolute atomic E-state index is 0.101. The molecule has 0 saturated carbocycles. The molecule has 2 aromatic rings. The highest BCUT2D eigenvalue weighted by atomic mass is 19.2. The number of hydrogen-bond acceptors (Lipinski definition) is 4. The Bertz CT molecular complexity index is 945. The second-order valence-corrected chi connectivity index (χ2v) is 5.92. The first-order chi connectivity index (χ1) is 12.8. The molecule has 8 heteroatoms. The molecule has 2 aromatic carbocycles. The maximum absolute atomic E-state index is 13.5. The number of esters is 1. The van der Waals surface area contributed by atoms with Crippen molar-refractivity contribution in [3.8, 4) is 0 Å². The first kappa shape index (κ1) is 18.5. The number of hydrogen-bond donors (Lipinski definition) is 1. The van der Waals surface area contributed by atoms with Gasteiger partial charge >= 0.3 is 5.97 Å². The number of amides is 2. The van der Waals surface area contributed by atoms with Crippen molar-refractivity contribution >= 4 is 29.2 Å². The predicted molar refractivity (Wildman–Crippen MR) is 93.7 cm³/mol. The van der Waals surface area contributed by atoms with E-state index in [-0.39, 0.29) is 23.4 Å². The minimum Gasteiger partial charge on any atom is -0.462 e. The molecule has 0 radical (unpaired) electrons. The van der Waals surface area contributed by atoms with Crippen LogP contribution in [0.2, 0.25) is 0 Å². The van der Waals surface area contributed by atoms with E-state index in [4.69, 9.17) is 4.74 Å². The molecular formula is C19H16F2N2O4. The van der Waals surface area contributed by atoms with E-state index in [1.165, 1.54) is 30.0 Å². The molecule has 2 amide bonds. The summed E-state index contributed by atoms with van der Waals surface area (Å²) >= 11 is 0. The van der Waals surface area contributed by atoms with Crippen molar-refractivity contribution in [3.63, 3.8) is 0 Å². The topological polar surface area (TPSA) is 75.7 Å². The lowest BCUT2D eigenvalue weighted by molar-refractivity contribution is -0.117. The number of ether oxygens (including phenoxy) is 1. The van der Waals surface area contributed by atoms with Crippen molar-refractivity contribution in [1.82, 2.24) is 0 Å². The number of halogens is 2. The Balaban J connectivity index is 2.03. The average Bonchev–Trinajstić information content (AvgIpc) is 2.64. The summed E-state index contributed by atoms with van der Waals surface area (Å²) in [6, 6.07) is 6.26. The number of fused-ring (bicyclic) bond motifs is 1. The van der Waals surface area contributed by atoms with Gasteiger partial charge < -0.3 is 10.1 Å². The first-order valence-electron chi connectivity index (χ1n) is 8.24. The Morgan fingerprint density at radius 1 is 1.11 bits per heavy atom. The number of nitrogens with one attached hydrogen (secondary N) is 1.